The summed E-state index contributed by atoms with van der Waals surface area (Å²) in [6, 6.07) is 14.1. The van der Waals surface area contributed by atoms with Crippen LogP contribution in [-0.4, -0.2) is 19.6 Å². The number of carbonyl (C=O) groups is 1. The number of hydrogen-bond donors (Lipinski definition) is 0. The summed E-state index contributed by atoms with van der Waals surface area (Å²) < 4.78 is 6.31. The molecule has 2 aromatic rings. The fraction of sp³-hybridized carbons (Fsp3) is 0.316. The minimum Gasteiger partial charge on any atom is -0.497 e. The third-order valence-corrected chi connectivity index (χ3v) is 4.72. The van der Waals surface area contributed by atoms with Crippen LogP contribution in [0.1, 0.15) is 24.0 Å². The van der Waals surface area contributed by atoms with Gasteiger partial charge in [-0.25, -0.2) is 0 Å². The van der Waals surface area contributed by atoms with Gasteiger partial charge < -0.3 is 9.64 Å². The van der Waals surface area contributed by atoms with Crippen molar-refractivity contribution in [1.82, 2.24) is 0 Å². The molecule has 0 saturated carbocycles. The molecule has 1 aliphatic heterocycles. The van der Waals surface area contributed by atoms with Gasteiger partial charge >= 0.3 is 0 Å². The number of methoxy groups -OCH3 is 1. The molecule has 3 rings (SSSR count). The van der Waals surface area contributed by atoms with E-state index in [2.05, 4.69) is 22.0 Å². The smallest absolute Gasteiger partial charge is 0.227 e. The highest BCUT2D eigenvalue weighted by Gasteiger charge is 2.22. The fourth-order valence-corrected chi connectivity index (χ4v) is 3.45. The molecule has 0 bridgehead atoms. The van der Waals surface area contributed by atoms with E-state index in [4.69, 9.17) is 4.74 Å². The Morgan fingerprint density at radius 3 is 2.96 bits per heavy atom. The Bertz CT molecular complexity index is 714. The molecule has 0 aromatic heterocycles. The van der Waals surface area contributed by atoms with Gasteiger partial charge in [-0.05, 0) is 60.7 Å². The van der Waals surface area contributed by atoms with E-state index in [-0.39, 0.29) is 5.91 Å². The topological polar surface area (TPSA) is 29.5 Å². The molecule has 0 saturated heterocycles. The number of aryl methyl sites for hydroxylation is 2. The number of nitrogens with zero attached hydrogens (tertiary/aromatic N) is 1. The van der Waals surface area contributed by atoms with Crippen LogP contribution in [0.5, 0.6) is 5.75 Å². The Kier molecular flexibility index (Phi) is 5.01. The van der Waals surface area contributed by atoms with Crippen molar-refractivity contribution in [3.05, 3.63) is 58.1 Å². The number of benzene rings is 2. The molecule has 1 amide bonds. The van der Waals surface area contributed by atoms with Crippen LogP contribution in [0, 0.1) is 0 Å². The monoisotopic (exact) mass is 373 g/mol. The Morgan fingerprint density at radius 1 is 1.26 bits per heavy atom. The second kappa shape index (κ2) is 7.18. The molecule has 0 N–H and O–H groups in total. The molecule has 2 aromatic carbocycles. The summed E-state index contributed by atoms with van der Waals surface area (Å²) in [4.78, 5) is 14.6. The lowest BCUT2D eigenvalue weighted by molar-refractivity contribution is -0.118. The van der Waals surface area contributed by atoms with Gasteiger partial charge in [0.2, 0.25) is 5.91 Å². The fourth-order valence-electron chi connectivity index (χ4n) is 3.04. The van der Waals surface area contributed by atoms with Gasteiger partial charge in [-0.15, -0.1) is 0 Å². The first-order valence-corrected chi connectivity index (χ1v) is 8.68. The lowest BCUT2D eigenvalue weighted by Crippen LogP contribution is -2.35. The van der Waals surface area contributed by atoms with Crippen molar-refractivity contribution in [3.63, 3.8) is 0 Å². The van der Waals surface area contributed by atoms with Gasteiger partial charge in [0.15, 0.2) is 0 Å². The highest BCUT2D eigenvalue weighted by Crippen LogP contribution is 2.30. The molecule has 120 valence electrons. The number of rotatable bonds is 4. The predicted molar refractivity (Wildman–Crippen MR) is 96.1 cm³/mol. The maximum absolute atomic E-state index is 12.7. The minimum absolute atomic E-state index is 0.191. The summed E-state index contributed by atoms with van der Waals surface area (Å²) in [7, 11) is 1.66. The molecular weight excluding hydrogens is 354 g/mol. The van der Waals surface area contributed by atoms with Crippen molar-refractivity contribution in [3.8, 4) is 5.75 Å². The minimum atomic E-state index is 0.191. The van der Waals surface area contributed by atoms with Gasteiger partial charge in [0.1, 0.15) is 5.75 Å². The summed E-state index contributed by atoms with van der Waals surface area (Å²) in [5.74, 6) is 1.03. The van der Waals surface area contributed by atoms with Crippen LogP contribution in [0.25, 0.3) is 0 Å². The number of halogens is 1. The van der Waals surface area contributed by atoms with Crippen molar-refractivity contribution in [2.75, 3.05) is 18.6 Å². The van der Waals surface area contributed by atoms with Crippen LogP contribution < -0.4 is 9.64 Å². The van der Waals surface area contributed by atoms with Crippen molar-refractivity contribution in [2.45, 2.75) is 25.7 Å². The van der Waals surface area contributed by atoms with E-state index in [9.17, 15) is 4.79 Å². The van der Waals surface area contributed by atoms with Gasteiger partial charge in [-0.2, -0.15) is 0 Å². The number of fused-ring (bicyclic) bond motifs is 1. The van der Waals surface area contributed by atoms with Crippen LogP contribution in [-0.2, 0) is 17.6 Å². The van der Waals surface area contributed by atoms with Gasteiger partial charge in [0.05, 0.1) is 7.11 Å². The van der Waals surface area contributed by atoms with E-state index in [1.807, 2.05) is 41.3 Å². The normalized spacial score (nSPS) is 13.6. The molecule has 0 aliphatic carbocycles. The summed E-state index contributed by atoms with van der Waals surface area (Å²) in [5.41, 5.74) is 3.45. The molecule has 3 nitrogen and oxygen atoms in total. The Hall–Kier alpha value is -1.81. The Morgan fingerprint density at radius 2 is 2.13 bits per heavy atom. The summed E-state index contributed by atoms with van der Waals surface area (Å²) >= 11 is 3.51. The van der Waals surface area contributed by atoms with Crippen LogP contribution in [0.2, 0.25) is 0 Å². The Balaban J connectivity index is 1.69. The predicted octanol–water partition coefficient (Wildman–Crippen LogP) is 4.37. The first-order chi connectivity index (χ1) is 11.2. The van der Waals surface area contributed by atoms with E-state index in [0.717, 1.165) is 47.3 Å². The van der Waals surface area contributed by atoms with E-state index < -0.39 is 0 Å². The van der Waals surface area contributed by atoms with Crippen molar-refractivity contribution in [2.24, 2.45) is 0 Å². The third kappa shape index (κ3) is 3.75. The van der Waals surface area contributed by atoms with Gasteiger partial charge in [-0.3, -0.25) is 4.79 Å². The van der Waals surface area contributed by atoms with E-state index >= 15 is 0 Å². The molecule has 1 heterocycles. The van der Waals surface area contributed by atoms with Crippen LogP contribution in [0.15, 0.2) is 46.9 Å². The SMILES string of the molecule is COc1cccc(CCC(=O)N2CCCc3cc(Br)ccc32)c1. The highest BCUT2D eigenvalue weighted by molar-refractivity contribution is 9.10. The van der Waals surface area contributed by atoms with Gasteiger partial charge in [0.25, 0.3) is 0 Å². The zero-order chi connectivity index (χ0) is 16.2. The lowest BCUT2D eigenvalue weighted by Gasteiger charge is -2.29. The average molecular weight is 374 g/mol. The Labute approximate surface area is 145 Å². The van der Waals surface area contributed by atoms with Gasteiger partial charge in [0, 0.05) is 23.1 Å². The number of ether oxygens (including phenoxy) is 1. The van der Waals surface area contributed by atoms with Crippen molar-refractivity contribution >= 4 is 27.5 Å². The van der Waals surface area contributed by atoms with Crippen molar-refractivity contribution < 1.29 is 9.53 Å². The number of amides is 1. The quantitative estimate of drug-likeness (QED) is 0.796. The van der Waals surface area contributed by atoms with Gasteiger partial charge in [-0.1, -0.05) is 28.1 Å². The number of carbonyl (C=O) groups excluding carboxylic acids is 1. The largest absolute Gasteiger partial charge is 0.497 e. The zero-order valence-electron chi connectivity index (χ0n) is 13.2. The first-order valence-electron chi connectivity index (χ1n) is 7.89. The van der Waals surface area contributed by atoms with Crippen LogP contribution >= 0.6 is 15.9 Å². The third-order valence-electron chi connectivity index (χ3n) is 4.22. The molecule has 0 atom stereocenters. The summed E-state index contributed by atoms with van der Waals surface area (Å²) in [6.45, 7) is 0.811. The van der Waals surface area contributed by atoms with Crippen LogP contribution in [0.4, 0.5) is 5.69 Å². The van der Waals surface area contributed by atoms with E-state index in [1.165, 1.54) is 5.56 Å². The maximum atomic E-state index is 12.7. The highest BCUT2D eigenvalue weighted by atomic mass is 79.9. The first kappa shape index (κ1) is 16.1. The molecule has 4 heteroatoms. The zero-order valence-corrected chi connectivity index (χ0v) is 14.8. The molecule has 0 spiro atoms. The summed E-state index contributed by atoms with van der Waals surface area (Å²) in [6.07, 6.45) is 3.31. The molecule has 1 aliphatic rings. The van der Waals surface area contributed by atoms with Crippen molar-refractivity contribution in [1.29, 1.82) is 0 Å². The number of hydrogen-bond acceptors (Lipinski definition) is 2. The summed E-state index contributed by atoms with van der Waals surface area (Å²) in [5, 5.41) is 0. The standard InChI is InChI=1S/C19H20BrNO2/c1-23-17-6-2-4-14(12-17)7-10-19(22)21-11-3-5-15-13-16(20)8-9-18(15)21/h2,4,6,8-9,12-13H,3,5,7,10-11H2,1H3. The second-order valence-electron chi connectivity index (χ2n) is 5.77. The van der Waals surface area contributed by atoms with E-state index in [1.54, 1.807) is 7.11 Å². The van der Waals surface area contributed by atoms with Crippen LogP contribution in [0.3, 0.4) is 0 Å². The molecule has 0 radical (unpaired) electrons. The maximum Gasteiger partial charge on any atom is 0.227 e. The van der Waals surface area contributed by atoms with E-state index in [0.29, 0.717) is 6.42 Å². The number of anilines is 1. The second-order valence-corrected chi connectivity index (χ2v) is 6.69. The average Bonchev–Trinajstić information content (AvgIpc) is 2.59. The molecular formula is C19H20BrNO2. The molecule has 0 unspecified atom stereocenters. The molecule has 0 fully saturated rings. The molecule has 23 heavy (non-hydrogen) atoms. The lowest BCUT2D eigenvalue weighted by atomic mass is 10.0.